The van der Waals surface area contributed by atoms with Gasteiger partial charge in [0, 0.05) is 24.6 Å². The average Bonchev–Trinajstić information content (AvgIpc) is 2.97. The highest BCUT2D eigenvalue weighted by Crippen LogP contribution is 2.28. The van der Waals surface area contributed by atoms with Gasteiger partial charge in [0.2, 0.25) is 5.91 Å². The van der Waals surface area contributed by atoms with Gasteiger partial charge in [0.25, 0.3) is 0 Å². The molecule has 150 valence electrons. The van der Waals surface area contributed by atoms with Crippen LogP contribution in [0.5, 0.6) is 5.75 Å². The van der Waals surface area contributed by atoms with E-state index in [0.717, 1.165) is 35.5 Å². The van der Waals surface area contributed by atoms with Gasteiger partial charge in [-0.15, -0.1) is 0 Å². The average molecular weight is 384 g/mol. The number of Topliss-reactive ketones (excluding diaryl/α,β-unsaturated/α-hetero) is 1. The molecule has 1 aliphatic rings. The van der Waals surface area contributed by atoms with E-state index in [4.69, 9.17) is 4.74 Å². The summed E-state index contributed by atoms with van der Waals surface area (Å²) in [6.07, 6.45) is 1.62. The molecule has 1 aromatic carbocycles. The molecule has 7 heteroatoms. The number of rotatable bonds is 5. The molecule has 2 aromatic rings. The Morgan fingerprint density at radius 1 is 1.18 bits per heavy atom. The summed E-state index contributed by atoms with van der Waals surface area (Å²) in [5.41, 5.74) is 2.59. The zero-order valence-electron chi connectivity index (χ0n) is 17.3. The summed E-state index contributed by atoms with van der Waals surface area (Å²) in [5.74, 6) is 2.09. The number of carbonyl (C=O) groups is 2. The normalized spacial score (nSPS) is 16.9. The van der Waals surface area contributed by atoms with Crippen molar-refractivity contribution in [2.75, 3.05) is 20.2 Å². The van der Waals surface area contributed by atoms with Gasteiger partial charge in [-0.3, -0.25) is 9.59 Å². The fourth-order valence-electron chi connectivity index (χ4n) is 4.01. The molecule has 0 saturated carbocycles. The van der Waals surface area contributed by atoms with Crippen LogP contribution in [-0.4, -0.2) is 51.6 Å². The van der Waals surface area contributed by atoms with Crippen LogP contribution in [0.1, 0.15) is 46.0 Å². The van der Waals surface area contributed by atoms with Crippen molar-refractivity contribution in [3.05, 3.63) is 40.5 Å². The number of likely N-dealkylation sites (tertiary alicyclic amines) is 1. The number of ketones is 1. The lowest BCUT2D eigenvalue weighted by Gasteiger charge is -2.32. The lowest BCUT2D eigenvalue weighted by molar-refractivity contribution is -0.133. The summed E-state index contributed by atoms with van der Waals surface area (Å²) in [6, 6.07) is 3.77. The first-order valence-electron chi connectivity index (χ1n) is 9.65. The quantitative estimate of drug-likeness (QED) is 0.741. The zero-order valence-corrected chi connectivity index (χ0v) is 17.3. The van der Waals surface area contributed by atoms with Crippen molar-refractivity contribution in [2.24, 2.45) is 5.92 Å². The van der Waals surface area contributed by atoms with E-state index in [9.17, 15) is 9.59 Å². The molecule has 0 spiro atoms. The molecule has 1 fully saturated rings. The van der Waals surface area contributed by atoms with Gasteiger partial charge < -0.3 is 9.64 Å². The van der Waals surface area contributed by atoms with Crippen LogP contribution in [-0.2, 0) is 11.3 Å². The second-order valence-corrected chi connectivity index (χ2v) is 7.55. The number of nitrogens with zero attached hydrogens (tertiary/aromatic N) is 4. The predicted octanol–water partition coefficient (Wildman–Crippen LogP) is 2.64. The summed E-state index contributed by atoms with van der Waals surface area (Å²) in [4.78, 5) is 31.8. The molecule has 7 nitrogen and oxygen atoms in total. The molecule has 1 aromatic heterocycles. The van der Waals surface area contributed by atoms with E-state index in [2.05, 4.69) is 10.1 Å². The van der Waals surface area contributed by atoms with Crippen LogP contribution in [0.25, 0.3) is 0 Å². The molecule has 0 N–H and O–H groups in total. The molecule has 28 heavy (non-hydrogen) atoms. The maximum absolute atomic E-state index is 13.1. The molecule has 1 aliphatic heterocycles. The molecule has 2 heterocycles. The van der Waals surface area contributed by atoms with Crippen molar-refractivity contribution < 1.29 is 14.3 Å². The third kappa shape index (κ3) is 4.08. The monoisotopic (exact) mass is 384 g/mol. The lowest BCUT2D eigenvalue weighted by atomic mass is 9.88. The number of piperidine rings is 1. The first-order chi connectivity index (χ1) is 13.3. The van der Waals surface area contributed by atoms with Crippen LogP contribution in [0.4, 0.5) is 0 Å². The van der Waals surface area contributed by atoms with E-state index < -0.39 is 0 Å². The van der Waals surface area contributed by atoms with Crippen molar-refractivity contribution in [2.45, 2.75) is 47.1 Å². The first-order valence-corrected chi connectivity index (χ1v) is 9.65. The molecule has 0 aliphatic carbocycles. The molecule has 1 atom stereocenters. The fraction of sp³-hybridized carbons (Fsp3) is 0.524. The van der Waals surface area contributed by atoms with Crippen LogP contribution in [0.2, 0.25) is 0 Å². The number of benzene rings is 1. The van der Waals surface area contributed by atoms with Gasteiger partial charge in [0.05, 0.1) is 7.11 Å². The van der Waals surface area contributed by atoms with Crippen molar-refractivity contribution in [1.29, 1.82) is 0 Å². The number of hydrogen-bond donors (Lipinski definition) is 0. The highest BCUT2D eigenvalue weighted by atomic mass is 16.5. The Bertz CT molecular complexity index is 880. The van der Waals surface area contributed by atoms with Gasteiger partial charge in [-0.25, -0.2) is 9.67 Å². The summed E-state index contributed by atoms with van der Waals surface area (Å²) in [7, 11) is 1.64. The standard InChI is InChI=1S/C21H28N4O3/c1-13-9-18(10-14(2)21(13)28-5)20(27)17-7-6-8-24(11-17)19(26)12-25-16(4)22-15(3)23-25/h9-10,17H,6-8,11-12H2,1-5H3/t17-/m0/s1. The van der Waals surface area contributed by atoms with Crippen LogP contribution < -0.4 is 4.74 Å². The summed E-state index contributed by atoms with van der Waals surface area (Å²) >= 11 is 0. The van der Waals surface area contributed by atoms with Crippen molar-refractivity contribution in [1.82, 2.24) is 19.7 Å². The molecule has 3 rings (SSSR count). The fourth-order valence-corrected chi connectivity index (χ4v) is 4.01. The van der Waals surface area contributed by atoms with E-state index in [0.29, 0.717) is 24.5 Å². The SMILES string of the molecule is COc1c(C)cc(C(=O)[C@H]2CCCN(C(=O)Cn3nc(C)nc3C)C2)cc1C. The minimum absolute atomic E-state index is 0.0207. The van der Waals surface area contributed by atoms with E-state index >= 15 is 0 Å². The maximum Gasteiger partial charge on any atom is 0.244 e. The van der Waals surface area contributed by atoms with E-state index in [1.54, 1.807) is 16.7 Å². The maximum atomic E-state index is 13.1. The van der Waals surface area contributed by atoms with Gasteiger partial charge in [0.15, 0.2) is 5.78 Å². The van der Waals surface area contributed by atoms with Gasteiger partial charge in [0.1, 0.15) is 23.9 Å². The molecule has 1 saturated heterocycles. The molecule has 0 bridgehead atoms. The largest absolute Gasteiger partial charge is 0.496 e. The van der Waals surface area contributed by atoms with Gasteiger partial charge >= 0.3 is 0 Å². The third-order valence-electron chi connectivity index (χ3n) is 5.34. The van der Waals surface area contributed by atoms with Crippen LogP contribution in [0, 0.1) is 33.6 Å². The van der Waals surface area contributed by atoms with Crippen LogP contribution in [0.15, 0.2) is 12.1 Å². The number of methoxy groups -OCH3 is 1. The van der Waals surface area contributed by atoms with E-state index in [-0.39, 0.29) is 24.2 Å². The highest BCUT2D eigenvalue weighted by molar-refractivity contribution is 5.99. The molecule has 0 radical (unpaired) electrons. The van der Waals surface area contributed by atoms with Gasteiger partial charge in [-0.05, 0) is 63.8 Å². The molecular formula is C21H28N4O3. The van der Waals surface area contributed by atoms with Crippen LogP contribution in [0.3, 0.4) is 0 Å². The Balaban J connectivity index is 1.71. The molecular weight excluding hydrogens is 356 g/mol. The smallest absolute Gasteiger partial charge is 0.244 e. The number of aromatic nitrogens is 3. The Kier molecular flexibility index (Phi) is 5.82. The third-order valence-corrected chi connectivity index (χ3v) is 5.34. The molecule has 1 amide bonds. The minimum Gasteiger partial charge on any atom is -0.496 e. The summed E-state index contributed by atoms with van der Waals surface area (Å²) in [5, 5.41) is 4.26. The summed E-state index contributed by atoms with van der Waals surface area (Å²) in [6.45, 7) is 8.83. The van der Waals surface area contributed by atoms with Crippen molar-refractivity contribution in [3.63, 3.8) is 0 Å². The number of carbonyl (C=O) groups excluding carboxylic acids is 2. The molecule has 0 unspecified atom stereocenters. The Morgan fingerprint density at radius 3 is 2.43 bits per heavy atom. The zero-order chi connectivity index (χ0) is 20.4. The number of amides is 1. The second kappa shape index (κ2) is 8.12. The first kappa shape index (κ1) is 20.0. The second-order valence-electron chi connectivity index (χ2n) is 7.55. The van der Waals surface area contributed by atoms with Gasteiger partial charge in [-0.1, -0.05) is 0 Å². The number of hydrogen-bond acceptors (Lipinski definition) is 5. The van der Waals surface area contributed by atoms with E-state index in [1.165, 1.54) is 0 Å². The number of aryl methyl sites for hydroxylation is 4. The van der Waals surface area contributed by atoms with E-state index in [1.807, 2.05) is 39.8 Å². The Morgan fingerprint density at radius 2 is 1.86 bits per heavy atom. The topological polar surface area (TPSA) is 77.3 Å². The predicted molar refractivity (Wildman–Crippen MR) is 106 cm³/mol. The number of ether oxygens (including phenoxy) is 1. The van der Waals surface area contributed by atoms with Crippen LogP contribution >= 0.6 is 0 Å². The Labute approximate surface area is 165 Å². The Hall–Kier alpha value is -2.70. The van der Waals surface area contributed by atoms with Crippen molar-refractivity contribution in [3.8, 4) is 5.75 Å². The van der Waals surface area contributed by atoms with Gasteiger partial charge in [-0.2, -0.15) is 5.10 Å². The lowest BCUT2D eigenvalue weighted by Crippen LogP contribution is -2.44. The van der Waals surface area contributed by atoms with Crippen molar-refractivity contribution >= 4 is 11.7 Å². The minimum atomic E-state index is -0.177. The summed E-state index contributed by atoms with van der Waals surface area (Å²) < 4.78 is 7.02. The highest BCUT2D eigenvalue weighted by Gasteiger charge is 2.30.